The smallest absolute Gasteiger partial charge is 0.0688 e. The van der Waals surface area contributed by atoms with Crippen LogP contribution in [0.25, 0.3) is 11.1 Å². The van der Waals surface area contributed by atoms with Gasteiger partial charge in [-0.2, -0.15) is 0 Å². The molecule has 0 aliphatic heterocycles. The van der Waals surface area contributed by atoms with E-state index in [0.717, 1.165) is 16.7 Å². The van der Waals surface area contributed by atoms with Crippen molar-refractivity contribution in [3.8, 4) is 11.1 Å². The largest absolute Gasteiger partial charge is 0.399 e. The molecule has 16 heavy (non-hydrogen) atoms. The number of anilines is 2. The average Bonchev–Trinajstić information content (AvgIpc) is 2.30. The van der Waals surface area contributed by atoms with Crippen molar-refractivity contribution in [2.75, 3.05) is 11.5 Å². The van der Waals surface area contributed by atoms with Gasteiger partial charge in [-0.05, 0) is 29.3 Å². The number of hydrogen-bond acceptors (Lipinski definition) is 3. The summed E-state index contributed by atoms with van der Waals surface area (Å²) in [5.41, 5.74) is 15.6. The van der Waals surface area contributed by atoms with Gasteiger partial charge in [0.05, 0.1) is 6.61 Å². The number of hydrogen-bond donors (Lipinski definition) is 3. The van der Waals surface area contributed by atoms with Gasteiger partial charge in [0.15, 0.2) is 0 Å². The molecule has 0 aromatic heterocycles. The average molecular weight is 214 g/mol. The molecular formula is C13H14N2O. The second-order valence-corrected chi connectivity index (χ2v) is 3.66. The van der Waals surface area contributed by atoms with Crippen LogP contribution in [0.15, 0.2) is 42.5 Å². The zero-order valence-electron chi connectivity index (χ0n) is 8.85. The van der Waals surface area contributed by atoms with Gasteiger partial charge in [0.1, 0.15) is 0 Å². The third kappa shape index (κ3) is 1.85. The van der Waals surface area contributed by atoms with Crippen LogP contribution in [0.1, 0.15) is 5.56 Å². The molecule has 0 radical (unpaired) electrons. The molecule has 2 rings (SSSR count). The van der Waals surface area contributed by atoms with Gasteiger partial charge >= 0.3 is 0 Å². The van der Waals surface area contributed by atoms with Crippen LogP contribution in [0.4, 0.5) is 11.4 Å². The van der Waals surface area contributed by atoms with Crippen LogP contribution in [0.5, 0.6) is 0 Å². The number of nitrogens with two attached hydrogens (primary N) is 2. The van der Waals surface area contributed by atoms with E-state index in [4.69, 9.17) is 11.5 Å². The zero-order valence-corrected chi connectivity index (χ0v) is 8.85. The molecule has 0 aliphatic carbocycles. The molecule has 0 saturated heterocycles. The van der Waals surface area contributed by atoms with E-state index in [9.17, 15) is 5.11 Å². The molecular weight excluding hydrogens is 200 g/mol. The maximum Gasteiger partial charge on any atom is 0.0688 e. The Kier molecular flexibility index (Phi) is 2.79. The molecule has 5 N–H and O–H groups in total. The van der Waals surface area contributed by atoms with Gasteiger partial charge in [0.25, 0.3) is 0 Å². The summed E-state index contributed by atoms with van der Waals surface area (Å²) in [5.74, 6) is 0. The first-order chi connectivity index (χ1) is 7.72. The number of benzene rings is 2. The molecule has 0 fully saturated rings. The molecule has 0 aliphatic rings. The number of aliphatic hydroxyl groups excluding tert-OH is 1. The third-order valence-electron chi connectivity index (χ3n) is 2.55. The number of nitrogen functional groups attached to an aromatic ring is 2. The van der Waals surface area contributed by atoms with Crippen LogP contribution >= 0.6 is 0 Å². The maximum absolute atomic E-state index is 9.28. The lowest BCUT2D eigenvalue weighted by Gasteiger charge is -2.10. The standard InChI is InChI=1S/C13H14N2O/c14-11-6-4-9(5-7-11)13-10(8-16)2-1-3-12(13)15/h1-7,16H,8,14-15H2. The molecule has 0 unspecified atom stereocenters. The summed E-state index contributed by atoms with van der Waals surface area (Å²) in [5, 5.41) is 9.28. The quantitative estimate of drug-likeness (QED) is 0.669. The molecule has 0 spiro atoms. The predicted molar refractivity (Wildman–Crippen MR) is 66.6 cm³/mol. The molecule has 0 atom stereocenters. The normalized spacial score (nSPS) is 10.3. The topological polar surface area (TPSA) is 72.3 Å². The fraction of sp³-hybridized carbons (Fsp3) is 0.0769. The van der Waals surface area contributed by atoms with Gasteiger partial charge in [0.2, 0.25) is 0 Å². The monoisotopic (exact) mass is 214 g/mol. The minimum atomic E-state index is -0.0231. The van der Waals surface area contributed by atoms with Gasteiger partial charge < -0.3 is 16.6 Å². The van der Waals surface area contributed by atoms with E-state index >= 15 is 0 Å². The predicted octanol–water partition coefficient (Wildman–Crippen LogP) is 2.01. The molecule has 82 valence electrons. The molecule has 2 aromatic carbocycles. The van der Waals surface area contributed by atoms with E-state index in [1.54, 1.807) is 0 Å². The SMILES string of the molecule is Nc1ccc(-c2c(N)cccc2CO)cc1. The first-order valence-electron chi connectivity index (χ1n) is 5.06. The Labute approximate surface area is 94.3 Å². The highest BCUT2D eigenvalue weighted by molar-refractivity contribution is 5.79. The highest BCUT2D eigenvalue weighted by Crippen LogP contribution is 2.30. The van der Waals surface area contributed by atoms with Crippen molar-refractivity contribution >= 4 is 11.4 Å². The lowest BCUT2D eigenvalue weighted by atomic mass is 9.98. The number of rotatable bonds is 2. The maximum atomic E-state index is 9.28. The Bertz CT molecular complexity index is 492. The summed E-state index contributed by atoms with van der Waals surface area (Å²) in [6.45, 7) is -0.0231. The molecule has 0 heterocycles. The summed E-state index contributed by atoms with van der Waals surface area (Å²) < 4.78 is 0. The van der Waals surface area contributed by atoms with E-state index in [-0.39, 0.29) is 6.61 Å². The van der Waals surface area contributed by atoms with Gasteiger partial charge in [-0.1, -0.05) is 24.3 Å². The lowest BCUT2D eigenvalue weighted by Crippen LogP contribution is -1.96. The van der Waals surface area contributed by atoms with Crippen molar-refractivity contribution < 1.29 is 5.11 Å². The minimum Gasteiger partial charge on any atom is -0.399 e. The van der Waals surface area contributed by atoms with Crippen molar-refractivity contribution in [3.05, 3.63) is 48.0 Å². The molecule has 0 bridgehead atoms. The summed E-state index contributed by atoms with van der Waals surface area (Å²) in [6.07, 6.45) is 0. The second-order valence-electron chi connectivity index (χ2n) is 3.66. The minimum absolute atomic E-state index is 0.0231. The first-order valence-corrected chi connectivity index (χ1v) is 5.06. The van der Waals surface area contributed by atoms with Gasteiger partial charge in [-0.3, -0.25) is 0 Å². The van der Waals surface area contributed by atoms with Gasteiger partial charge in [-0.15, -0.1) is 0 Å². The lowest BCUT2D eigenvalue weighted by molar-refractivity contribution is 0.282. The summed E-state index contributed by atoms with van der Waals surface area (Å²) >= 11 is 0. The Morgan fingerprint density at radius 1 is 0.938 bits per heavy atom. The van der Waals surface area contributed by atoms with Crippen molar-refractivity contribution in [2.24, 2.45) is 0 Å². The zero-order chi connectivity index (χ0) is 11.5. The second kappa shape index (κ2) is 4.24. The van der Waals surface area contributed by atoms with E-state index in [0.29, 0.717) is 11.4 Å². The van der Waals surface area contributed by atoms with E-state index in [1.807, 2.05) is 42.5 Å². The van der Waals surface area contributed by atoms with Gasteiger partial charge in [-0.25, -0.2) is 0 Å². The van der Waals surface area contributed by atoms with Gasteiger partial charge in [0, 0.05) is 16.9 Å². The first kappa shape index (κ1) is 10.5. The Morgan fingerprint density at radius 3 is 2.25 bits per heavy atom. The summed E-state index contributed by atoms with van der Waals surface area (Å²) in [4.78, 5) is 0. The highest BCUT2D eigenvalue weighted by atomic mass is 16.3. The third-order valence-corrected chi connectivity index (χ3v) is 2.55. The molecule has 3 nitrogen and oxygen atoms in total. The summed E-state index contributed by atoms with van der Waals surface area (Å²) in [6, 6.07) is 13.0. The van der Waals surface area contributed by atoms with Crippen LogP contribution in [-0.2, 0) is 6.61 Å². The summed E-state index contributed by atoms with van der Waals surface area (Å²) in [7, 11) is 0. The Balaban J connectivity index is 2.58. The van der Waals surface area contributed by atoms with E-state index in [2.05, 4.69) is 0 Å². The van der Waals surface area contributed by atoms with Crippen LogP contribution < -0.4 is 11.5 Å². The highest BCUT2D eigenvalue weighted by Gasteiger charge is 2.07. The van der Waals surface area contributed by atoms with Crippen LogP contribution in [0, 0.1) is 0 Å². The fourth-order valence-electron chi connectivity index (χ4n) is 1.75. The van der Waals surface area contributed by atoms with Crippen molar-refractivity contribution in [1.29, 1.82) is 0 Å². The molecule has 0 saturated carbocycles. The van der Waals surface area contributed by atoms with Crippen LogP contribution in [0.2, 0.25) is 0 Å². The Morgan fingerprint density at radius 2 is 1.62 bits per heavy atom. The van der Waals surface area contributed by atoms with Crippen LogP contribution in [-0.4, -0.2) is 5.11 Å². The molecule has 3 heteroatoms. The molecule has 0 amide bonds. The van der Waals surface area contributed by atoms with E-state index in [1.165, 1.54) is 0 Å². The molecule has 2 aromatic rings. The van der Waals surface area contributed by atoms with E-state index < -0.39 is 0 Å². The number of aliphatic hydroxyl groups is 1. The van der Waals surface area contributed by atoms with Crippen LogP contribution in [0.3, 0.4) is 0 Å². The van der Waals surface area contributed by atoms with Crippen molar-refractivity contribution in [3.63, 3.8) is 0 Å². The van der Waals surface area contributed by atoms with Crippen molar-refractivity contribution in [2.45, 2.75) is 6.61 Å². The Hall–Kier alpha value is -2.00. The fourth-order valence-corrected chi connectivity index (χ4v) is 1.75. The van der Waals surface area contributed by atoms with Crippen molar-refractivity contribution in [1.82, 2.24) is 0 Å².